The lowest BCUT2D eigenvalue weighted by molar-refractivity contribution is -0.153. The van der Waals surface area contributed by atoms with Crippen LogP contribution in [0.5, 0.6) is 0 Å². The Labute approximate surface area is 117 Å². The van der Waals surface area contributed by atoms with Gasteiger partial charge >= 0.3 is 5.97 Å². The number of carbonyl (C=O) groups is 2. The lowest BCUT2D eigenvalue weighted by Crippen LogP contribution is -2.48. The quantitative estimate of drug-likeness (QED) is 0.667. The van der Waals surface area contributed by atoms with Gasteiger partial charge < -0.3 is 10.1 Å². The Morgan fingerprint density at radius 2 is 2.05 bits per heavy atom. The molecule has 108 valence electrons. The van der Waals surface area contributed by atoms with E-state index >= 15 is 0 Å². The van der Waals surface area contributed by atoms with Crippen LogP contribution < -0.4 is 5.32 Å². The van der Waals surface area contributed by atoms with Crippen LogP contribution in [-0.4, -0.2) is 31.4 Å². The summed E-state index contributed by atoms with van der Waals surface area (Å²) in [6.45, 7) is 2.85. The molecule has 20 heavy (non-hydrogen) atoms. The molecule has 0 saturated carbocycles. The van der Waals surface area contributed by atoms with E-state index in [0.717, 1.165) is 5.56 Å². The summed E-state index contributed by atoms with van der Waals surface area (Å²) >= 11 is 0. The van der Waals surface area contributed by atoms with Gasteiger partial charge in [-0.1, -0.05) is 12.1 Å². The van der Waals surface area contributed by atoms with Crippen molar-refractivity contribution in [3.63, 3.8) is 0 Å². The number of ether oxygens (including phenoxy) is 1. The number of benzene rings is 1. The van der Waals surface area contributed by atoms with E-state index in [4.69, 9.17) is 4.74 Å². The molecule has 1 saturated heterocycles. The zero-order chi connectivity index (χ0) is 14.5. The number of piperidine rings is 1. The van der Waals surface area contributed by atoms with Gasteiger partial charge in [-0.25, -0.2) is 4.39 Å². The van der Waals surface area contributed by atoms with Crippen LogP contribution in [0.1, 0.15) is 12.5 Å². The summed E-state index contributed by atoms with van der Waals surface area (Å²) in [6, 6.07) is 6.07. The summed E-state index contributed by atoms with van der Waals surface area (Å²) in [5, 5.41) is 3.09. The first kappa shape index (κ1) is 14.7. The van der Waals surface area contributed by atoms with Crippen LogP contribution in [0.3, 0.4) is 0 Å². The average Bonchev–Trinajstić information content (AvgIpc) is 2.44. The minimum absolute atomic E-state index is 0.0912. The molecule has 0 radical (unpaired) electrons. The van der Waals surface area contributed by atoms with E-state index in [1.165, 1.54) is 12.1 Å². The van der Waals surface area contributed by atoms with Crippen molar-refractivity contribution in [1.82, 2.24) is 5.32 Å². The molecule has 1 aliphatic rings. The maximum Gasteiger partial charge on any atom is 0.317 e. The number of esters is 1. The van der Waals surface area contributed by atoms with Crippen LogP contribution in [0.25, 0.3) is 0 Å². The first-order valence-electron chi connectivity index (χ1n) is 6.77. The van der Waals surface area contributed by atoms with Crippen molar-refractivity contribution in [2.75, 3.05) is 19.7 Å². The second kappa shape index (κ2) is 6.61. The Balaban J connectivity index is 2.03. The number of halogens is 1. The van der Waals surface area contributed by atoms with Crippen molar-refractivity contribution in [2.24, 2.45) is 11.8 Å². The van der Waals surface area contributed by atoms with E-state index in [2.05, 4.69) is 5.32 Å². The summed E-state index contributed by atoms with van der Waals surface area (Å²) in [7, 11) is 0. The highest BCUT2D eigenvalue weighted by Gasteiger charge is 2.36. The van der Waals surface area contributed by atoms with Gasteiger partial charge in [-0.15, -0.1) is 0 Å². The van der Waals surface area contributed by atoms with Crippen LogP contribution in [0.4, 0.5) is 4.39 Å². The van der Waals surface area contributed by atoms with E-state index < -0.39 is 11.9 Å². The van der Waals surface area contributed by atoms with Crippen molar-refractivity contribution < 1.29 is 18.7 Å². The van der Waals surface area contributed by atoms with Gasteiger partial charge in [-0.3, -0.25) is 9.59 Å². The Morgan fingerprint density at radius 3 is 2.70 bits per heavy atom. The molecule has 2 atom stereocenters. The molecule has 1 aromatic rings. The van der Waals surface area contributed by atoms with Crippen molar-refractivity contribution in [1.29, 1.82) is 0 Å². The Morgan fingerprint density at radius 1 is 1.35 bits per heavy atom. The van der Waals surface area contributed by atoms with Crippen LogP contribution >= 0.6 is 0 Å². The lowest BCUT2D eigenvalue weighted by atomic mass is 9.85. The van der Waals surface area contributed by atoms with Gasteiger partial charge in [0, 0.05) is 19.0 Å². The fourth-order valence-corrected chi connectivity index (χ4v) is 2.41. The van der Waals surface area contributed by atoms with Gasteiger partial charge in [0.25, 0.3) is 0 Å². The summed E-state index contributed by atoms with van der Waals surface area (Å²) in [5.41, 5.74) is 0.885. The zero-order valence-electron chi connectivity index (χ0n) is 11.4. The van der Waals surface area contributed by atoms with E-state index in [-0.39, 0.29) is 24.1 Å². The second-order valence-electron chi connectivity index (χ2n) is 4.89. The van der Waals surface area contributed by atoms with Crippen molar-refractivity contribution in [2.45, 2.75) is 13.3 Å². The molecule has 5 heteroatoms. The zero-order valence-corrected chi connectivity index (χ0v) is 11.4. The largest absolute Gasteiger partial charge is 0.465 e. The molecule has 0 aromatic heterocycles. The van der Waals surface area contributed by atoms with Crippen molar-refractivity contribution in [3.8, 4) is 0 Å². The number of ketones is 1. The molecule has 1 fully saturated rings. The van der Waals surface area contributed by atoms with Gasteiger partial charge in [0.05, 0.1) is 6.61 Å². The van der Waals surface area contributed by atoms with Crippen molar-refractivity contribution in [3.05, 3.63) is 35.6 Å². The predicted octanol–water partition coefficient (Wildman–Crippen LogP) is 1.34. The summed E-state index contributed by atoms with van der Waals surface area (Å²) in [6.07, 6.45) is 0.502. The molecule has 0 amide bonds. The SMILES string of the molecule is CCOC(=O)C1CNCC(Cc2ccc(F)cc2)C1=O. The maximum absolute atomic E-state index is 12.9. The van der Waals surface area contributed by atoms with Crippen molar-refractivity contribution >= 4 is 11.8 Å². The van der Waals surface area contributed by atoms with Crippen LogP contribution in [0, 0.1) is 17.7 Å². The predicted molar refractivity (Wildman–Crippen MR) is 71.6 cm³/mol. The summed E-state index contributed by atoms with van der Waals surface area (Å²) in [5.74, 6) is -1.86. The Bertz CT molecular complexity index is 486. The molecule has 1 aliphatic heterocycles. The minimum Gasteiger partial charge on any atom is -0.465 e. The van der Waals surface area contributed by atoms with Crippen LogP contribution in [0.15, 0.2) is 24.3 Å². The molecule has 1 heterocycles. The molecule has 4 nitrogen and oxygen atoms in total. The molecule has 0 bridgehead atoms. The third kappa shape index (κ3) is 3.42. The number of Topliss-reactive ketones (excluding diaryl/α,β-unsaturated/α-hetero) is 1. The molecule has 2 rings (SSSR count). The third-order valence-electron chi connectivity index (χ3n) is 3.45. The van der Waals surface area contributed by atoms with Crippen LogP contribution in [0.2, 0.25) is 0 Å². The topological polar surface area (TPSA) is 55.4 Å². The highest BCUT2D eigenvalue weighted by molar-refractivity contribution is 6.01. The number of rotatable bonds is 4. The second-order valence-corrected chi connectivity index (χ2v) is 4.89. The van der Waals surface area contributed by atoms with Gasteiger partial charge in [-0.2, -0.15) is 0 Å². The number of hydrogen-bond donors (Lipinski definition) is 1. The van der Waals surface area contributed by atoms with Gasteiger partial charge in [0.15, 0.2) is 5.78 Å². The Hall–Kier alpha value is -1.75. The fraction of sp³-hybridized carbons (Fsp3) is 0.467. The molecule has 1 aromatic carbocycles. The van der Waals surface area contributed by atoms with Gasteiger partial charge in [-0.05, 0) is 31.0 Å². The van der Waals surface area contributed by atoms with E-state index in [1.807, 2.05) is 0 Å². The van der Waals surface area contributed by atoms with E-state index in [1.54, 1.807) is 19.1 Å². The normalized spacial score (nSPS) is 22.6. The number of hydrogen-bond acceptors (Lipinski definition) is 4. The van der Waals surface area contributed by atoms with Gasteiger partial charge in [0.2, 0.25) is 0 Å². The number of carbonyl (C=O) groups excluding carboxylic acids is 2. The third-order valence-corrected chi connectivity index (χ3v) is 3.45. The molecular weight excluding hydrogens is 261 g/mol. The number of nitrogens with one attached hydrogen (secondary N) is 1. The summed E-state index contributed by atoms with van der Waals surface area (Å²) in [4.78, 5) is 24.0. The van der Waals surface area contributed by atoms with Crippen LogP contribution in [-0.2, 0) is 20.7 Å². The fourth-order valence-electron chi connectivity index (χ4n) is 2.41. The minimum atomic E-state index is -0.728. The van der Waals surface area contributed by atoms with Gasteiger partial charge in [0.1, 0.15) is 11.7 Å². The first-order valence-corrected chi connectivity index (χ1v) is 6.77. The van der Waals surface area contributed by atoms with E-state index in [0.29, 0.717) is 19.5 Å². The molecule has 2 unspecified atom stereocenters. The lowest BCUT2D eigenvalue weighted by Gasteiger charge is -2.27. The Kier molecular flexibility index (Phi) is 4.84. The highest BCUT2D eigenvalue weighted by atomic mass is 19.1. The molecule has 1 N–H and O–H groups in total. The monoisotopic (exact) mass is 279 g/mol. The average molecular weight is 279 g/mol. The summed E-state index contributed by atoms with van der Waals surface area (Å²) < 4.78 is 17.8. The van der Waals surface area contributed by atoms with E-state index in [9.17, 15) is 14.0 Å². The first-order chi connectivity index (χ1) is 9.61. The standard InChI is InChI=1S/C15H18FNO3/c1-2-20-15(19)13-9-17-8-11(14(13)18)7-10-3-5-12(16)6-4-10/h3-6,11,13,17H,2,7-9H2,1H3. The highest BCUT2D eigenvalue weighted by Crippen LogP contribution is 2.18. The molecule has 0 aliphatic carbocycles. The smallest absolute Gasteiger partial charge is 0.317 e. The molecular formula is C15H18FNO3. The molecule has 0 spiro atoms. The maximum atomic E-state index is 12.9.